The summed E-state index contributed by atoms with van der Waals surface area (Å²) >= 11 is 2.27. The van der Waals surface area contributed by atoms with Crippen molar-refractivity contribution in [1.29, 1.82) is 0 Å². The predicted octanol–water partition coefficient (Wildman–Crippen LogP) is 3.08. The Kier molecular flexibility index (Phi) is 4.20. The summed E-state index contributed by atoms with van der Waals surface area (Å²) in [5.74, 6) is 1.56. The molecule has 1 aromatic heterocycles. The lowest BCUT2D eigenvalue weighted by molar-refractivity contribution is 0.162. The van der Waals surface area contributed by atoms with Crippen LogP contribution in [0.5, 0.6) is 0 Å². The summed E-state index contributed by atoms with van der Waals surface area (Å²) in [6.07, 6.45) is 0. The van der Waals surface area contributed by atoms with E-state index in [9.17, 15) is 0 Å². The van der Waals surface area contributed by atoms with Gasteiger partial charge in [-0.3, -0.25) is 0 Å². The average Bonchev–Trinajstić information content (AvgIpc) is 2.78. The van der Waals surface area contributed by atoms with Crippen LogP contribution in [0, 0.1) is 3.57 Å². The predicted molar refractivity (Wildman–Crippen MR) is 74.6 cm³/mol. The summed E-state index contributed by atoms with van der Waals surface area (Å²) in [5.41, 5.74) is 7.18. The Balaban J connectivity index is 2.18. The first-order valence-corrected chi connectivity index (χ1v) is 6.37. The van der Waals surface area contributed by atoms with E-state index >= 15 is 0 Å². The molecule has 0 fully saturated rings. The highest BCUT2D eigenvalue weighted by molar-refractivity contribution is 14.1. The number of methoxy groups -OCH3 is 1. The zero-order chi connectivity index (χ0) is 12.3. The van der Waals surface area contributed by atoms with Gasteiger partial charge in [-0.05, 0) is 52.4 Å². The van der Waals surface area contributed by atoms with Crippen LogP contribution in [0.4, 0.5) is 0 Å². The Morgan fingerprint density at radius 2 is 1.94 bits per heavy atom. The van der Waals surface area contributed by atoms with Crippen LogP contribution in [0.1, 0.15) is 23.1 Å². The van der Waals surface area contributed by atoms with Gasteiger partial charge in [-0.2, -0.15) is 0 Å². The normalized spacial score (nSPS) is 12.6. The zero-order valence-corrected chi connectivity index (χ0v) is 11.7. The van der Waals surface area contributed by atoms with Gasteiger partial charge in [-0.25, -0.2) is 0 Å². The molecular weight excluding hydrogens is 329 g/mol. The molecule has 1 atom stereocenters. The molecule has 0 saturated heterocycles. The molecule has 2 N–H and O–H groups in total. The summed E-state index contributed by atoms with van der Waals surface area (Å²) in [6.45, 7) is 0.472. The van der Waals surface area contributed by atoms with E-state index in [0.29, 0.717) is 6.61 Å². The smallest absolute Gasteiger partial charge is 0.129 e. The van der Waals surface area contributed by atoms with Crippen LogP contribution in [-0.4, -0.2) is 7.11 Å². The monoisotopic (exact) mass is 343 g/mol. The van der Waals surface area contributed by atoms with Crippen LogP contribution in [0.3, 0.4) is 0 Å². The molecule has 1 unspecified atom stereocenters. The van der Waals surface area contributed by atoms with Crippen LogP contribution in [0.15, 0.2) is 40.8 Å². The van der Waals surface area contributed by atoms with E-state index in [-0.39, 0.29) is 6.04 Å². The van der Waals surface area contributed by atoms with Crippen molar-refractivity contribution in [3.05, 3.63) is 57.1 Å². The molecule has 90 valence electrons. The van der Waals surface area contributed by atoms with Crippen LogP contribution >= 0.6 is 22.6 Å². The summed E-state index contributed by atoms with van der Waals surface area (Å²) in [6, 6.07) is 11.7. The van der Waals surface area contributed by atoms with Crippen LogP contribution < -0.4 is 5.73 Å². The fourth-order valence-electron chi connectivity index (χ4n) is 1.62. The van der Waals surface area contributed by atoms with Gasteiger partial charge in [0.15, 0.2) is 0 Å². The molecule has 1 aromatic carbocycles. The zero-order valence-electron chi connectivity index (χ0n) is 9.52. The Hall–Kier alpha value is -0.850. The van der Waals surface area contributed by atoms with Crippen LogP contribution in [-0.2, 0) is 11.3 Å². The third-order valence-corrected chi connectivity index (χ3v) is 3.22. The minimum Gasteiger partial charge on any atom is -0.462 e. The minimum atomic E-state index is -0.224. The largest absolute Gasteiger partial charge is 0.462 e. The molecule has 4 heteroatoms. The molecule has 0 aliphatic heterocycles. The van der Waals surface area contributed by atoms with Crippen molar-refractivity contribution in [1.82, 2.24) is 0 Å². The number of furan rings is 1. The van der Waals surface area contributed by atoms with Gasteiger partial charge in [0, 0.05) is 10.7 Å². The maximum absolute atomic E-state index is 6.14. The first kappa shape index (κ1) is 12.6. The van der Waals surface area contributed by atoms with E-state index in [1.54, 1.807) is 7.11 Å². The van der Waals surface area contributed by atoms with Crippen molar-refractivity contribution >= 4 is 22.6 Å². The Bertz CT molecular complexity index is 478. The topological polar surface area (TPSA) is 48.4 Å². The van der Waals surface area contributed by atoms with Gasteiger partial charge in [-0.15, -0.1) is 0 Å². The molecule has 0 amide bonds. The highest BCUT2D eigenvalue weighted by Gasteiger charge is 2.13. The van der Waals surface area contributed by atoms with Gasteiger partial charge in [0.25, 0.3) is 0 Å². The summed E-state index contributed by atoms with van der Waals surface area (Å²) in [4.78, 5) is 0. The minimum absolute atomic E-state index is 0.224. The summed E-state index contributed by atoms with van der Waals surface area (Å²) in [7, 11) is 1.64. The molecule has 0 spiro atoms. The second kappa shape index (κ2) is 5.66. The second-order valence-electron chi connectivity index (χ2n) is 3.77. The first-order chi connectivity index (χ1) is 8.20. The Morgan fingerprint density at radius 3 is 2.59 bits per heavy atom. The van der Waals surface area contributed by atoms with E-state index in [0.717, 1.165) is 17.1 Å². The lowest BCUT2D eigenvalue weighted by Crippen LogP contribution is -2.10. The second-order valence-corrected chi connectivity index (χ2v) is 5.01. The van der Waals surface area contributed by atoms with E-state index in [1.165, 1.54) is 3.57 Å². The number of hydrogen-bond acceptors (Lipinski definition) is 3. The fourth-order valence-corrected chi connectivity index (χ4v) is 1.98. The van der Waals surface area contributed by atoms with E-state index in [1.807, 2.05) is 36.4 Å². The van der Waals surface area contributed by atoms with Crippen LogP contribution in [0.2, 0.25) is 0 Å². The summed E-state index contributed by atoms with van der Waals surface area (Å²) < 4.78 is 11.8. The number of hydrogen-bond donors (Lipinski definition) is 1. The molecule has 0 radical (unpaired) electrons. The molecule has 0 aliphatic rings. The van der Waals surface area contributed by atoms with Crippen molar-refractivity contribution in [3.8, 4) is 0 Å². The van der Waals surface area contributed by atoms with Crippen LogP contribution in [0.25, 0.3) is 0 Å². The summed E-state index contributed by atoms with van der Waals surface area (Å²) in [5, 5.41) is 0. The van der Waals surface area contributed by atoms with Crippen molar-refractivity contribution in [3.63, 3.8) is 0 Å². The van der Waals surface area contributed by atoms with Crippen molar-refractivity contribution in [2.75, 3.05) is 7.11 Å². The van der Waals surface area contributed by atoms with Gasteiger partial charge in [0.05, 0.1) is 6.04 Å². The van der Waals surface area contributed by atoms with Gasteiger partial charge in [-0.1, -0.05) is 12.1 Å². The molecule has 0 saturated carbocycles. The standard InChI is InChI=1S/C13H14INO2/c1-16-8-11-6-7-12(17-11)13(15)9-2-4-10(14)5-3-9/h2-7,13H,8,15H2,1H3. The highest BCUT2D eigenvalue weighted by atomic mass is 127. The van der Waals surface area contributed by atoms with E-state index in [2.05, 4.69) is 22.6 Å². The lowest BCUT2D eigenvalue weighted by atomic mass is 10.1. The van der Waals surface area contributed by atoms with Gasteiger partial charge in [0.1, 0.15) is 18.1 Å². The fraction of sp³-hybridized carbons (Fsp3) is 0.231. The Labute approximate surface area is 114 Å². The molecule has 17 heavy (non-hydrogen) atoms. The maximum Gasteiger partial charge on any atom is 0.129 e. The quantitative estimate of drug-likeness (QED) is 0.868. The number of rotatable bonds is 4. The van der Waals surface area contributed by atoms with Gasteiger partial charge < -0.3 is 14.9 Å². The SMILES string of the molecule is COCc1ccc(C(N)c2ccc(I)cc2)o1. The molecular formula is C13H14INO2. The van der Waals surface area contributed by atoms with Crippen molar-refractivity contribution in [2.45, 2.75) is 12.6 Å². The van der Waals surface area contributed by atoms with Crippen molar-refractivity contribution < 1.29 is 9.15 Å². The highest BCUT2D eigenvalue weighted by Crippen LogP contribution is 2.22. The van der Waals surface area contributed by atoms with Gasteiger partial charge >= 0.3 is 0 Å². The molecule has 0 bridgehead atoms. The number of halogens is 1. The maximum atomic E-state index is 6.14. The molecule has 0 aliphatic carbocycles. The number of benzene rings is 1. The average molecular weight is 343 g/mol. The van der Waals surface area contributed by atoms with E-state index < -0.39 is 0 Å². The molecule has 2 aromatic rings. The lowest BCUT2D eigenvalue weighted by Gasteiger charge is -2.09. The Morgan fingerprint density at radius 1 is 1.24 bits per heavy atom. The molecule has 1 heterocycles. The number of nitrogens with two attached hydrogens (primary N) is 1. The molecule has 3 nitrogen and oxygen atoms in total. The van der Waals surface area contributed by atoms with E-state index in [4.69, 9.17) is 14.9 Å². The third-order valence-electron chi connectivity index (χ3n) is 2.50. The molecule has 2 rings (SSSR count). The van der Waals surface area contributed by atoms with Gasteiger partial charge in [0.2, 0.25) is 0 Å². The first-order valence-electron chi connectivity index (χ1n) is 5.29. The van der Waals surface area contributed by atoms with Crippen molar-refractivity contribution in [2.24, 2.45) is 5.73 Å². The number of ether oxygens (including phenoxy) is 1. The third kappa shape index (κ3) is 3.08.